The van der Waals surface area contributed by atoms with Crippen molar-refractivity contribution < 1.29 is 35.6 Å². The van der Waals surface area contributed by atoms with Crippen molar-refractivity contribution >= 4 is 51.2 Å². The van der Waals surface area contributed by atoms with Crippen LogP contribution in [0.3, 0.4) is 0 Å². The Labute approximate surface area is 623 Å². The summed E-state index contributed by atoms with van der Waals surface area (Å²) in [5.74, 6) is -0.910. The Morgan fingerprint density at radius 3 is 0.909 bits per heavy atom. The molecule has 0 radical (unpaired) electrons. The van der Waals surface area contributed by atoms with Gasteiger partial charge in [-0.2, -0.15) is 0 Å². The summed E-state index contributed by atoms with van der Waals surface area (Å²) in [6.07, 6.45) is 0.418. The summed E-state index contributed by atoms with van der Waals surface area (Å²) in [4.78, 5) is 4.98. The normalized spacial score (nSPS) is 17.2. The first-order chi connectivity index (χ1) is 58.4. The van der Waals surface area contributed by atoms with Gasteiger partial charge in [0.25, 0.3) is 0 Å². The molecule has 3 heteroatoms. The van der Waals surface area contributed by atoms with Gasteiger partial charge in [0.2, 0.25) is 0 Å². The number of hydrogen-bond donors (Lipinski definition) is 0. The fourth-order valence-corrected chi connectivity index (χ4v) is 14.1. The average molecular weight is 1310 g/mol. The van der Waals surface area contributed by atoms with Gasteiger partial charge >= 0.3 is 0 Å². The topological polar surface area (TPSA) is 9.72 Å². The quantitative estimate of drug-likeness (QED) is 0.143. The molecule has 0 N–H and O–H groups in total. The predicted molar refractivity (Wildman–Crippen MR) is 422 cm³/mol. The number of hydrogen-bond acceptors (Lipinski definition) is 3. The molecule has 13 aromatic rings. The number of benzene rings is 13. The van der Waals surface area contributed by atoms with Crippen molar-refractivity contribution in [3.05, 3.63) is 341 Å². The largest absolute Gasteiger partial charge is 0.305 e. The SMILES string of the molecule is [2H]c1c([2H])c([2H])c(-c2c([2H])c([2H])c([2H])c(-c3c([2H])c([2H])c([2H])c([2H])c3[2H])c2N2c3cc(-c4cc(C(C)(C)C)cc(C(C)(C)C)c4)ccc3N3c4ccc(-c5cc(C(C)(C)C)cc(C(C)(C)C)c5)cc4N(c4c(-c5c([2H])c([2H])c([2H])c([2H])c5[2H])c([2H])c([2H])c([2H])c4-c4c([2H])c([2H])c([2H])c([2H])c4[2H])c4cc(C5c6ccccc6Cc6ccccc65)cc2c43)c([2H])c1[2H]. The second-order valence-corrected chi connectivity index (χ2v) is 29.9. The van der Waals surface area contributed by atoms with E-state index in [9.17, 15) is 30.2 Å². The molecule has 486 valence electrons. The third-order valence-electron chi connectivity index (χ3n) is 19.3. The Morgan fingerprint density at radius 2 is 0.586 bits per heavy atom. The van der Waals surface area contributed by atoms with Gasteiger partial charge < -0.3 is 14.7 Å². The summed E-state index contributed by atoms with van der Waals surface area (Å²) in [6.45, 7) is 25.0. The lowest BCUT2D eigenvalue weighted by Crippen LogP contribution is -2.31. The van der Waals surface area contributed by atoms with Crippen LogP contribution in [-0.2, 0) is 28.1 Å². The molecule has 13 aromatic carbocycles. The first-order valence-electron chi connectivity index (χ1n) is 46.3. The molecule has 0 unspecified atom stereocenters. The van der Waals surface area contributed by atoms with E-state index in [0.29, 0.717) is 34.2 Å². The fourth-order valence-electron chi connectivity index (χ4n) is 14.1. The second kappa shape index (κ2) is 24.1. The van der Waals surface area contributed by atoms with Crippen molar-refractivity contribution in [2.24, 2.45) is 0 Å². The van der Waals surface area contributed by atoms with Crippen LogP contribution in [0.25, 0.3) is 66.8 Å². The highest BCUT2D eigenvalue weighted by molar-refractivity contribution is 6.17. The minimum Gasteiger partial charge on any atom is -0.305 e. The zero-order valence-electron chi connectivity index (χ0n) is 83.3. The summed E-state index contributed by atoms with van der Waals surface area (Å²) in [7, 11) is 0. The minimum absolute atomic E-state index is 0.0141. The van der Waals surface area contributed by atoms with Crippen molar-refractivity contribution in [2.45, 2.75) is 117 Å². The Hall–Kier alpha value is -10.7. The molecule has 1 aliphatic carbocycles. The van der Waals surface area contributed by atoms with Gasteiger partial charge in [0.05, 0.1) is 86.8 Å². The molecule has 0 bridgehead atoms. The Kier molecular flexibility index (Phi) is 9.78. The summed E-state index contributed by atoms with van der Waals surface area (Å²) in [5, 5.41) is 0. The van der Waals surface area contributed by atoms with Crippen molar-refractivity contribution in [2.75, 3.05) is 14.7 Å². The van der Waals surface area contributed by atoms with E-state index in [2.05, 4.69) is 119 Å². The number of anilines is 9. The second-order valence-electron chi connectivity index (χ2n) is 29.9. The molecule has 0 saturated heterocycles. The van der Waals surface area contributed by atoms with Crippen LogP contribution < -0.4 is 14.7 Å². The van der Waals surface area contributed by atoms with Gasteiger partial charge in [0.15, 0.2) is 0 Å². The van der Waals surface area contributed by atoms with E-state index in [1.54, 1.807) is 34.1 Å². The maximum atomic E-state index is 10.6. The smallest absolute Gasteiger partial charge is 0.0948 e. The van der Waals surface area contributed by atoms with Gasteiger partial charge in [0, 0.05) is 28.2 Å². The van der Waals surface area contributed by atoms with Crippen LogP contribution in [0.5, 0.6) is 0 Å². The Bertz CT molecular complexity index is 6150. The van der Waals surface area contributed by atoms with Crippen LogP contribution in [0.4, 0.5) is 51.2 Å². The summed E-state index contributed by atoms with van der Waals surface area (Å²) >= 11 is 0. The fraction of sp³-hybridized carbons (Fsp3) is 0.188. The molecule has 3 nitrogen and oxygen atoms in total. The lowest BCUT2D eigenvalue weighted by atomic mass is 9.74. The molecule has 0 atom stereocenters. The standard InChI is InChI=1S/C96H87N3/c1-93(2,3)73-52-70(53-74(60-73)94(4,5)6)66-47-49-83-85(56-66)98(90-79(62-31-17-13-18-32-62)43-29-44-80(90)63-33-19-14-20-34-63)87-58-72(89-77-41-27-25-39-68(77)51-69-40-26-28-42-78(69)89)59-88-92(87)97(83)84-50-48-67(71-54-75(95(7,8)9)61-76(55-71)96(10,11)12)57-86(84)99(88)91-81(64-35-21-15-22-36-64)45-30-46-82(91)65-37-23-16-24-38-65/h13-50,52-61,89H,51H2,1-12H3/i13D,14D,15D,16D,17D,18D,19D,20D,21D,22D,23D,24D,29D,30D,31D,32D,33D,34D,35D,36D,37D,38D,43D,44D,45D,46D. The average Bonchev–Trinajstić information content (AvgIpc) is 0.678. The summed E-state index contributed by atoms with van der Waals surface area (Å²) in [5.41, 5.74) is 1.72. The molecule has 2 heterocycles. The van der Waals surface area contributed by atoms with E-state index in [-0.39, 0.29) is 39.8 Å². The number of nitrogens with zero attached hydrogens (tertiary/aromatic N) is 3. The van der Waals surface area contributed by atoms with E-state index in [1.165, 1.54) is 0 Å². The van der Waals surface area contributed by atoms with Gasteiger partial charge in [-0.25, -0.2) is 0 Å². The number of para-hydroxylation sites is 2. The molecule has 3 aliphatic rings. The highest BCUT2D eigenvalue weighted by atomic mass is 15.3. The first kappa shape index (κ1) is 40.2. The summed E-state index contributed by atoms with van der Waals surface area (Å²) < 4.78 is 255. The van der Waals surface area contributed by atoms with Gasteiger partial charge in [-0.15, -0.1) is 0 Å². The van der Waals surface area contributed by atoms with Gasteiger partial charge in [-0.05, 0) is 159 Å². The molecule has 16 rings (SSSR count). The van der Waals surface area contributed by atoms with E-state index in [4.69, 9.17) is 5.48 Å². The predicted octanol–water partition coefficient (Wildman–Crippen LogP) is 27.0. The van der Waals surface area contributed by atoms with E-state index in [0.717, 1.165) is 44.5 Å². The van der Waals surface area contributed by atoms with E-state index < -0.39 is 241 Å². The summed E-state index contributed by atoms with van der Waals surface area (Å²) in [6, 6.07) is 19.1. The van der Waals surface area contributed by atoms with Crippen molar-refractivity contribution in [3.63, 3.8) is 0 Å². The third-order valence-corrected chi connectivity index (χ3v) is 19.3. The van der Waals surface area contributed by atoms with Gasteiger partial charge in [0.1, 0.15) is 0 Å². The molecular formula is C96H87N3. The van der Waals surface area contributed by atoms with Crippen LogP contribution >= 0.6 is 0 Å². The highest BCUT2D eigenvalue weighted by Crippen LogP contribution is 2.67. The Morgan fingerprint density at radius 1 is 0.273 bits per heavy atom. The third kappa shape index (κ3) is 11.3. The maximum absolute atomic E-state index is 10.6. The van der Waals surface area contributed by atoms with Crippen LogP contribution in [0.1, 0.15) is 175 Å². The van der Waals surface area contributed by atoms with E-state index in [1.807, 2.05) is 77.7 Å². The molecular weight excluding hydrogens is 1200 g/mol. The monoisotopic (exact) mass is 1310 g/mol. The molecule has 0 saturated carbocycles. The maximum Gasteiger partial charge on any atom is 0.0948 e. The molecule has 2 aliphatic heterocycles. The van der Waals surface area contributed by atoms with Crippen molar-refractivity contribution in [1.82, 2.24) is 0 Å². The van der Waals surface area contributed by atoms with Crippen LogP contribution in [-0.4, -0.2) is 0 Å². The number of fused-ring (bicyclic) bond motifs is 6. The lowest BCUT2D eigenvalue weighted by molar-refractivity contribution is 0.568. The van der Waals surface area contributed by atoms with Crippen molar-refractivity contribution in [1.29, 1.82) is 0 Å². The minimum atomic E-state index is -0.959. The first-order valence-corrected chi connectivity index (χ1v) is 33.3. The molecule has 0 aromatic heterocycles. The molecule has 0 fully saturated rings. The van der Waals surface area contributed by atoms with Crippen LogP contribution in [0.2, 0.25) is 0 Å². The van der Waals surface area contributed by atoms with E-state index >= 15 is 0 Å². The van der Waals surface area contributed by atoms with Crippen LogP contribution in [0, 0.1) is 0 Å². The van der Waals surface area contributed by atoms with Gasteiger partial charge in [-0.1, -0.05) is 337 Å². The molecule has 0 spiro atoms. The highest BCUT2D eigenvalue weighted by Gasteiger charge is 2.44. The molecule has 99 heavy (non-hydrogen) atoms. The van der Waals surface area contributed by atoms with Crippen molar-refractivity contribution in [3.8, 4) is 66.8 Å². The van der Waals surface area contributed by atoms with Crippen LogP contribution in [0.15, 0.2) is 291 Å². The Balaban J connectivity index is 1.24. The molecule has 0 amide bonds. The zero-order valence-corrected chi connectivity index (χ0v) is 57.3. The number of rotatable bonds is 9. The lowest BCUT2D eigenvalue weighted by Gasteiger charge is -2.49. The zero-order chi connectivity index (χ0) is 90.9. The van der Waals surface area contributed by atoms with Gasteiger partial charge in [-0.3, -0.25) is 0 Å².